The Morgan fingerprint density at radius 3 is 0.613 bits per heavy atom. The van der Waals surface area contributed by atoms with Crippen LogP contribution in [0.2, 0.25) is 0 Å². The summed E-state index contributed by atoms with van der Waals surface area (Å²) in [5.74, 6) is -11.5. The highest BCUT2D eigenvalue weighted by Gasteiger charge is 2.13. The van der Waals surface area contributed by atoms with Gasteiger partial charge in [-0.2, -0.15) is 0 Å². The smallest absolute Gasteiger partial charge is 0.372 e. The third-order valence-corrected chi connectivity index (χ3v) is 2.41. The summed E-state index contributed by atoms with van der Waals surface area (Å²) in [5.41, 5.74) is 0. The summed E-state index contributed by atoms with van der Waals surface area (Å²) < 4.78 is 0. The van der Waals surface area contributed by atoms with E-state index in [2.05, 4.69) is 0 Å². The molecular formula is C15H18BO15. The third kappa shape index (κ3) is 28.2. The van der Waals surface area contributed by atoms with Gasteiger partial charge in [-0.3, -0.25) is 28.8 Å². The molecule has 3 radical (unpaired) electrons. The molecule has 0 aliphatic heterocycles. The summed E-state index contributed by atoms with van der Waals surface area (Å²) in [6.45, 7) is 0. The van der Waals surface area contributed by atoms with Gasteiger partial charge in [-0.1, -0.05) is 0 Å². The van der Waals surface area contributed by atoms with E-state index in [-0.39, 0.29) is 8.41 Å². The van der Waals surface area contributed by atoms with Crippen LogP contribution in [0.3, 0.4) is 0 Å². The summed E-state index contributed by atoms with van der Waals surface area (Å²) >= 11 is 0. The lowest BCUT2D eigenvalue weighted by atomic mass is 10.2. The van der Waals surface area contributed by atoms with E-state index in [1.165, 1.54) is 0 Å². The number of ketones is 3. The SMILES string of the molecule is O=C(O)CCC(=O)C(=O)O.O=C(O)CCC(=O)C(=O)O.O=C(O)CCC(=O)C(=O)O.[B]. The van der Waals surface area contributed by atoms with E-state index in [0.717, 1.165) is 0 Å². The molecule has 0 spiro atoms. The molecule has 0 heterocycles. The predicted molar refractivity (Wildman–Crippen MR) is 94.3 cm³/mol. The number of Topliss-reactive ketones (excluding diaryl/α,β-unsaturated/α-hetero) is 3. The molecule has 0 fully saturated rings. The van der Waals surface area contributed by atoms with Crippen molar-refractivity contribution in [2.24, 2.45) is 0 Å². The molecule has 0 atom stereocenters. The maximum Gasteiger partial charge on any atom is 0.372 e. The van der Waals surface area contributed by atoms with Crippen LogP contribution < -0.4 is 0 Å². The lowest BCUT2D eigenvalue weighted by Gasteiger charge is -1.88. The first-order valence-corrected chi connectivity index (χ1v) is 7.55. The lowest BCUT2D eigenvalue weighted by molar-refractivity contribution is -0.150. The summed E-state index contributed by atoms with van der Waals surface area (Å²) in [4.78, 5) is 89.2. The van der Waals surface area contributed by atoms with Crippen LogP contribution in [0.1, 0.15) is 38.5 Å². The molecule has 0 aliphatic carbocycles. The number of hydrogen-bond donors (Lipinski definition) is 6. The van der Waals surface area contributed by atoms with Gasteiger partial charge in [0.05, 0.1) is 19.3 Å². The molecule has 0 unspecified atom stereocenters. The number of aliphatic carboxylic acids is 6. The van der Waals surface area contributed by atoms with Crippen molar-refractivity contribution in [2.75, 3.05) is 0 Å². The van der Waals surface area contributed by atoms with Crippen molar-refractivity contribution in [1.82, 2.24) is 0 Å². The van der Waals surface area contributed by atoms with E-state index in [0.29, 0.717) is 0 Å². The van der Waals surface area contributed by atoms with Gasteiger partial charge in [0, 0.05) is 27.7 Å². The van der Waals surface area contributed by atoms with Gasteiger partial charge in [-0.05, 0) is 0 Å². The predicted octanol–water partition coefficient (Wildman–Crippen LogP) is -1.87. The molecular weight excluding hydrogens is 431 g/mol. The minimum atomic E-state index is -1.58. The fourth-order valence-electron chi connectivity index (χ4n) is 0.982. The molecule has 171 valence electrons. The van der Waals surface area contributed by atoms with Crippen molar-refractivity contribution >= 4 is 61.6 Å². The maximum atomic E-state index is 10.2. The highest BCUT2D eigenvalue weighted by Crippen LogP contribution is 1.91. The van der Waals surface area contributed by atoms with Gasteiger partial charge in [-0.25, -0.2) is 14.4 Å². The van der Waals surface area contributed by atoms with E-state index in [9.17, 15) is 43.2 Å². The number of carbonyl (C=O) groups is 9. The van der Waals surface area contributed by atoms with E-state index >= 15 is 0 Å². The van der Waals surface area contributed by atoms with Crippen LogP contribution in [-0.2, 0) is 43.2 Å². The van der Waals surface area contributed by atoms with E-state index < -0.39 is 91.7 Å². The van der Waals surface area contributed by atoms with Crippen molar-refractivity contribution < 1.29 is 73.8 Å². The largest absolute Gasteiger partial charge is 0.481 e. The topological polar surface area (TPSA) is 275 Å². The second kappa shape index (κ2) is 19.2. The second-order valence-electron chi connectivity index (χ2n) is 4.87. The molecule has 31 heavy (non-hydrogen) atoms. The molecule has 0 aromatic rings. The number of hydrogen-bond acceptors (Lipinski definition) is 9. The van der Waals surface area contributed by atoms with Crippen molar-refractivity contribution in [3.63, 3.8) is 0 Å². The first-order chi connectivity index (χ1) is 13.6. The van der Waals surface area contributed by atoms with Gasteiger partial charge in [0.2, 0.25) is 17.3 Å². The summed E-state index contributed by atoms with van der Waals surface area (Å²) in [5, 5.41) is 47.9. The Bertz CT molecular complexity index is 614. The molecule has 0 saturated heterocycles. The highest BCUT2D eigenvalue weighted by molar-refractivity contribution is 6.33. The number of rotatable bonds is 12. The molecule has 0 saturated carbocycles. The minimum Gasteiger partial charge on any atom is -0.481 e. The molecule has 16 heteroatoms. The Morgan fingerprint density at radius 1 is 0.355 bits per heavy atom. The summed E-state index contributed by atoms with van der Waals surface area (Å²) in [6.07, 6.45) is -2.60. The Hall–Kier alpha value is -4.11. The van der Waals surface area contributed by atoms with Crippen LogP contribution in [-0.4, -0.2) is 92.2 Å². The van der Waals surface area contributed by atoms with Crippen LogP contribution in [0.25, 0.3) is 0 Å². The molecule has 0 aromatic carbocycles. The second-order valence-corrected chi connectivity index (χ2v) is 4.87. The Balaban J connectivity index is -0.000000174. The number of carboxylic acids is 6. The molecule has 15 nitrogen and oxygen atoms in total. The van der Waals surface area contributed by atoms with Crippen LogP contribution in [0.4, 0.5) is 0 Å². The average molecular weight is 449 g/mol. The molecule has 0 amide bonds. The quantitative estimate of drug-likeness (QED) is 0.141. The van der Waals surface area contributed by atoms with Crippen LogP contribution in [0.15, 0.2) is 0 Å². The summed E-state index contributed by atoms with van der Waals surface area (Å²) in [6, 6.07) is 0. The van der Waals surface area contributed by atoms with Crippen LogP contribution in [0.5, 0.6) is 0 Å². The first kappa shape index (κ1) is 34.4. The molecule has 6 N–H and O–H groups in total. The van der Waals surface area contributed by atoms with Crippen LogP contribution in [0, 0.1) is 0 Å². The van der Waals surface area contributed by atoms with Gasteiger partial charge < -0.3 is 30.6 Å². The molecule has 0 aliphatic rings. The molecule has 0 aromatic heterocycles. The maximum absolute atomic E-state index is 10.2. The Morgan fingerprint density at radius 2 is 0.516 bits per heavy atom. The van der Waals surface area contributed by atoms with E-state index in [1.807, 2.05) is 0 Å². The zero-order valence-electron chi connectivity index (χ0n) is 15.7. The van der Waals surface area contributed by atoms with Crippen molar-refractivity contribution in [3.05, 3.63) is 0 Å². The minimum absolute atomic E-state index is 0. The molecule has 0 bridgehead atoms. The Kier molecular flexibility index (Phi) is 21.3. The zero-order chi connectivity index (χ0) is 24.4. The zero-order valence-corrected chi connectivity index (χ0v) is 15.7. The molecule has 0 rings (SSSR count). The third-order valence-electron chi connectivity index (χ3n) is 2.41. The monoisotopic (exact) mass is 449 g/mol. The summed E-state index contributed by atoms with van der Waals surface area (Å²) in [7, 11) is 0. The van der Waals surface area contributed by atoms with Gasteiger partial charge in [-0.15, -0.1) is 0 Å². The Labute approximate surface area is 174 Å². The van der Waals surface area contributed by atoms with Gasteiger partial charge in [0.15, 0.2) is 0 Å². The number of carbonyl (C=O) groups excluding carboxylic acids is 3. The highest BCUT2D eigenvalue weighted by atomic mass is 16.4. The first-order valence-electron chi connectivity index (χ1n) is 7.55. The average Bonchev–Trinajstić information content (AvgIpc) is 2.62. The number of carboxylic acid groups (broad SMARTS) is 6. The van der Waals surface area contributed by atoms with Gasteiger partial charge in [0.1, 0.15) is 0 Å². The fraction of sp³-hybridized carbons (Fsp3) is 0.400. The standard InChI is InChI=1S/3C5H6O5.B/c3*6-3(5(9)10)1-2-4(7)8;/h3*1-2H2,(H,7,8)(H,9,10);. The van der Waals surface area contributed by atoms with E-state index in [1.54, 1.807) is 0 Å². The lowest BCUT2D eigenvalue weighted by Crippen LogP contribution is -2.13. The normalized spacial score (nSPS) is 8.52. The van der Waals surface area contributed by atoms with Gasteiger partial charge >= 0.3 is 35.8 Å². The van der Waals surface area contributed by atoms with Crippen LogP contribution >= 0.6 is 0 Å². The fourth-order valence-corrected chi connectivity index (χ4v) is 0.982. The van der Waals surface area contributed by atoms with Crippen molar-refractivity contribution in [2.45, 2.75) is 38.5 Å². The van der Waals surface area contributed by atoms with E-state index in [4.69, 9.17) is 30.6 Å². The van der Waals surface area contributed by atoms with Gasteiger partial charge in [0.25, 0.3) is 0 Å². The van der Waals surface area contributed by atoms with Crippen molar-refractivity contribution in [1.29, 1.82) is 0 Å². The van der Waals surface area contributed by atoms with Crippen molar-refractivity contribution in [3.8, 4) is 0 Å².